The van der Waals surface area contributed by atoms with Gasteiger partial charge >= 0.3 is 0 Å². The van der Waals surface area contributed by atoms with Crippen molar-refractivity contribution in [1.82, 2.24) is 9.97 Å². The van der Waals surface area contributed by atoms with Gasteiger partial charge in [0.25, 0.3) is 0 Å². The lowest BCUT2D eigenvalue weighted by Gasteiger charge is -2.20. The standard InChI is InChI=1S/C17H22N4O/c1-10(2)11(3)16-14(17(22-4)21-9-20-16)15(19)12-6-5-7-13(18)8-12/h5-11,19H,18H2,1-4H3. The van der Waals surface area contributed by atoms with E-state index >= 15 is 0 Å². The van der Waals surface area contributed by atoms with E-state index in [1.165, 1.54) is 6.33 Å². The summed E-state index contributed by atoms with van der Waals surface area (Å²) < 4.78 is 5.37. The third-order valence-corrected chi connectivity index (χ3v) is 3.89. The molecule has 0 saturated carbocycles. The Labute approximate surface area is 131 Å². The Morgan fingerprint density at radius 3 is 2.55 bits per heavy atom. The summed E-state index contributed by atoms with van der Waals surface area (Å²) in [6.07, 6.45) is 1.49. The highest BCUT2D eigenvalue weighted by atomic mass is 16.5. The Hall–Kier alpha value is -2.43. The number of aromatic nitrogens is 2. The quantitative estimate of drug-likeness (QED) is 0.655. The Balaban J connectivity index is 2.59. The largest absolute Gasteiger partial charge is 0.480 e. The van der Waals surface area contributed by atoms with E-state index in [1.54, 1.807) is 19.2 Å². The monoisotopic (exact) mass is 298 g/mol. The van der Waals surface area contributed by atoms with Crippen LogP contribution in [0.25, 0.3) is 0 Å². The van der Waals surface area contributed by atoms with Crippen LogP contribution < -0.4 is 10.5 Å². The molecule has 0 amide bonds. The van der Waals surface area contributed by atoms with E-state index in [0.29, 0.717) is 28.8 Å². The molecular weight excluding hydrogens is 276 g/mol. The Morgan fingerprint density at radius 2 is 1.95 bits per heavy atom. The number of nitrogens with zero attached hydrogens (tertiary/aromatic N) is 2. The fourth-order valence-corrected chi connectivity index (χ4v) is 2.27. The number of benzene rings is 1. The lowest BCUT2D eigenvalue weighted by Crippen LogP contribution is -2.15. The van der Waals surface area contributed by atoms with Crippen molar-refractivity contribution in [2.45, 2.75) is 26.7 Å². The number of nitrogens with one attached hydrogen (secondary N) is 1. The zero-order valence-corrected chi connectivity index (χ0v) is 13.4. The van der Waals surface area contributed by atoms with Gasteiger partial charge in [-0.1, -0.05) is 32.9 Å². The van der Waals surface area contributed by atoms with Gasteiger partial charge < -0.3 is 10.5 Å². The van der Waals surface area contributed by atoms with Crippen molar-refractivity contribution >= 4 is 11.4 Å². The Bertz CT molecular complexity index is 682. The van der Waals surface area contributed by atoms with Gasteiger partial charge in [0.05, 0.1) is 24.1 Å². The van der Waals surface area contributed by atoms with Gasteiger partial charge in [0.2, 0.25) is 5.88 Å². The summed E-state index contributed by atoms with van der Waals surface area (Å²) >= 11 is 0. The molecule has 1 unspecified atom stereocenters. The molecule has 1 aromatic heterocycles. The topological polar surface area (TPSA) is 84.9 Å². The number of nitrogens with two attached hydrogens (primary N) is 1. The molecule has 3 N–H and O–H groups in total. The van der Waals surface area contributed by atoms with Gasteiger partial charge in [-0.05, 0) is 18.1 Å². The van der Waals surface area contributed by atoms with Crippen molar-refractivity contribution in [1.29, 1.82) is 5.41 Å². The van der Waals surface area contributed by atoms with E-state index in [1.807, 2.05) is 12.1 Å². The van der Waals surface area contributed by atoms with Gasteiger partial charge in [0, 0.05) is 17.2 Å². The summed E-state index contributed by atoms with van der Waals surface area (Å²) in [6, 6.07) is 7.27. The zero-order valence-electron chi connectivity index (χ0n) is 13.4. The Kier molecular flexibility index (Phi) is 4.75. The van der Waals surface area contributed by atoms with Crippen molar-refractivity contribution in [2.24, 2.45) is 5.92 Å². The van der Waals surface area contributed by atoms with Crippen molar-refractivity contribution in [3.05, 3.63) is 47.4 Å². The highest BCUT2D eigenvalue weighted by Crippen LogP contribution is 2.30. The predicted octanol–water partition coefficient (Wildman–Crippen LogP) is 3.24. The molecule has 5 heteroatoms. The van der Waals surface area contributed by atoms with Crippen LogP contribution in [0.1, 0.15) is 43.5 Å². The van der Waals surface area contributed by atoms with E-state index in [0.717, 1.165) is 11.3 Å². The highest BCUT2D eigenvalue weighted by molar-refractivity contribution is 6.13. The second-order valence-corrected chi connectivity index (χ2v) is 5.68. The molecule has 2 rings (SSSR count). The van der Waals surface area contributed by atoms with Gasteiger partial charge in [-0.2, -0.15) is 0 Å². The average Bonchev–Trinajstić information content (AvgIpc) is 2.52. The van der Waals surface area contributed by atoms with Crippen LogP contribution in [0.3, 0.4) is 0 Å². The van der Waals surface area contributed by atoms with Crippen LogP contribution in [0.2, 0.25) is 0 Å². The number of nitrogen functional groups attached to an aromatic ring is 1. The molecule has 1 aromatic carbocycles. The molecular formula is C17H22N4O. The van der Waals surface area contributed by atoms with Gasteiger partial charge in [-0.3, -0.25) is 5.41 Å². The third-order valence-electron chi connectivity index (χ3n) is 3.89. The molecule has 0 fully saturated rings. The van der Waals surface area contributed by atoms with Crippen LogP contribution in [0, 0.1) is 11.3 Å². The second-order valence-electron chi connectivity index (χ2n) is 5.68. The van der Waals surface area contributed by atoms with E-state index in [-0.39, 0.29) is 5.92 Å². The van der Waals surface area contributed by atoms with E-state index in [2.05, 4.69) is 30.7 Å². The summed E-state index contributed by atoms with van der Waals surface area (Å²) in [5.41, 5.74) is 8.97. The molecule has 2 aromatic rings. The van der Waals surface area contributed by atoms with Crippen LogP contribution >= 0.6 is 0 Å². The van der Waals surface area contributed by atoms with Crippen molar-refractivity contribution < 1.29 is 4.74 Å². The number of anilines is 1. The molecule has 5 nitrogen and oxygen atoms in total. The summed E-state index contributed by atoms with van der Waals surface area (Å²) in [5, 5.41) is 8.57. The van der Waals surface area contributed by atoms with Crippen LogP contribution in [-0.2, 0) is 0 Å². The molecule has 0 spiro atoms. The van der Waals surface area contributed by atoms with Crippen LogP contribution in [-0.4, -0.2) is 22.8 Å². The summed E-state index contributed by atoms with van der Waals surface area (Å²) in [4.78, 5) is 8.58. The van der Waals surface area contributed by atoms with E-state index in [9.17, 15) is 0 Å². The summed E-state index contributed by atoms with van der Waals surface area (Å²) in [5.74, 6) is 1.00. The minimum atomic E-state index is 0.188. The molecule has 0 aliphatic carbocycles. The maximum Gasteiger partial charge on any atom is 0.226 e. The predicted molar refractivity (Wildman–Crippen MR) is 88.6 cm³/mol. The van der Waals surface area contributed by atoms with Gasteiger partial charge in [0.15, 0.2) is 0 Å². The lowest BCUT2D eigenvalue weighted by atomic mass is 9.89. The zero-order chi connectivity index (χ0) is 16.3. The number of hydrogen-bond acceptors (Lipinski definition) is 5. The first-order valence-electron chi connectivity index (χ1n) is 7.29. The smallest absolute Gasteiger partial charge is 0.226 e. The first-order chi connectivity index (χ1) is 10.5. The first-order valence-corrected chi connectivity index (χ1v) is 7.29. The number of hydrogen-bond donors (Lipinski definition) is 2. The summed E-state index contributed by atoms with van der Waals surface area (Å²) in [6.45, 7) is 6.36. The van der Waals surface area contributed by atoms with Gasteiger partial charge in [-0.15, -0.1) is 0 Å². The third kappa shape index (κ3) is 3.08. The molecule has 1 heterocycles. The Morgan fingerprint density at radius 1 is 1.23 bits per heavy atom. The molecule has 0 saturated heterocycles. The van der Waals surface area contributed by atoms with Crippen molar-refractivity contribution in [3.8, 4) is 5.88 Å². The normalized spacial score (nSPS) is 12.2. The van der Waals surface area contributed by atoms with Crippen LogP contribution in [0.5, 0.6) is 5.88 Å². The molecule has 22 heavy (non-hydrogen) atoms. The molecule has 0 bridgehead atoms. The van der Waals surface area contributed by atoms with Crippen molar-refractivity contribution in [2.75, 3.05) is 12.8 Å². The molecule has 0 aliphatic heterocycles. The van der Waals surface area contributed by atoms with Crippen LogP contribution in [0.4, 0.5) is 5.69 Å². The number of rotatable bonds is 5. The molecule has 116 valence electrons. The first kappa shape index (κ1) is 15.9. The molecule has 1 atom stereocenters. The highest BCUT2D eigenvalue weighted by Gasteiger charge is 2.23. The average molecular weight is 298 g/mol. The maximum atomic E-state index is 8.57. The SMILES string of the molecule is COc1ncnc(C(C)C(C)C)c1C(=N)c1cccc(N)c1. The molecule has 0 radical (unpaired) electrons. The van der Waals surface area contributed by atoms with Crippen LogP contribution in [0.15, 0.2) is 30.6 Å². The number of ether oxygens (including phenoxy) is 1. The minimum Gasteiger partial charge on any atom is -0.480 e. The second kappa shape index (κ2) is 6.56. The fourth-order valence-electron chi connectivity index (χ4n) is 2.27. The van der Waals surface area contributed by atoms with Gasteiger partial charge in [0.1, 0.15) is 6.33 Å². The summed E-state index contributed by atoms with van der Waals surface area (Å²) in [7, 11) is 1.56. The minimum absolute atomic E-state index is 0.188. The molecule has 0 aliphatic rings. The maximum absolute atomic E-state index is 8.57. The van der Waals surface area contributed by atoms with Crippen molar-refractivity contribution in [3.63, 3.8) is 0 Å². The van der Waals surface area contributed by atoms with E-state index in [4.69, 9.17) is 15.9 Å². The number of methoxy groups -OCH3 is 1. The fraction of sp³-hybridized carbons (Fsp3) is 0.353. The van der Waals surface area contributed by atoms with Gasteiger partial charge in [-0.25, -0.2) is 9.97 Å². The van der Waals surface area contributed by atoms with E-state index < -0.39 is 0 Å². The lowest BCUT2D eigenvalue weighted by molar-refractivity contribution is 0.392.